The van der Waals surface area contributed by atoms with Gasteiger partial charge in [0.2, 0.25) is 0 Å². The minimum atomic E-state index is -0.359. The van der Waals surface area contributed by atoms with Crippen LogP contribution in [-0.4, -0.2) is 19.5 Å². The summed E-state index contributed by atoms with van der Waals surface area (Å²) in [5.74, 6) is -0.240. The third-order valence-corrected chi connectivity index (χ3v) is 2.35. The van der Waals surface area contributed by atoms with Crippen LogP contribution in [0.4, 0.5) is 4.39 Å². The molecule has 1 atom stereocenters. The molecule has 0 fully saturated rings. The van der Waals surface area contributed by atoms with Crippen LogP contribution in [0.2, 0.25) is 0 Å². The van der Waals surface area contributed by atoms with Crippen molar-refractivity contribution in [3.63, 3.8) is 0 Å². The van der Waals surface area contributed by atoms with Crippen molar-refractivity contribution >= 4 is 5.78 Å². The van der Waals surface area contributed by atoms with Crippen molar-refractivity contribution < 1.29 is 13.9 Å². The average molecular weight is 224 g/mol. The Morgan fingerprint density at radius 1 is 1.44 bits per heavy atom. The predicted molar refractivity (Wildman–Crippen MR) is 61.1 cm³/mol. The number of ether oxygens (including phenoxy) is 1. The molecule has 0 N–H and O–H groups in total. The lowest BCUT2D eigenvalue weighted by molar-refractivity contribution is 0.0919. The highest BCUT2D eigenvalue weighted by Crippen LogP contribution is 2.13. The van der Waals surface area contributed by atoms with Gasteiger partial charge < -0.3 is 4.74 Å². The smallest absolute Gasteiger partial charge is 0.163 e. The average Bonchev–Trinajstić information content (AvgIpc) is 2.16. The molecule has 0 aliphatic rings. The molecule has 1 aromatic rings. The van der Waals surface area contributed by atoms with Crippen molar-refractivity contribution in [2.24, 2.45) is 5.92 Å². The maximum Gasteiger partial charge on any atom is 0.163 e. The van der Waals surface area contributed by atoms with Gasteiger partial charge in [-0.05, 0) is 36.6 Å². The molecule has 0 aromatic heterocycles. The fraction of sp³-hybridized carbons (Fsp3) is 0.462. The number of hydrogen-bond acceptors (Lipinski definition) is 2. The number of halogens is 1. The summed E-state index contributed by atoms with van der Waals surface area (Å²) in [7, 11) is 1.60. The third kappa shape index (κ3) is 3.74. The molecule has 0 aliphatic carbocycles. The Hall–Kier alpha value is -1.22. The zero-order chi connectivity index (χ0) is 12.1. The van der Waals surface area contributed by atoms with Gasteiger partial charge in [-0.2, -0.15) is 0 Å². The van der Waals surface area contributed by atoms with Crippen molar-refractivity contribution in [2.45, 2.75) is 20.3 Å². The van der Waals surface area contributed by atoms with E-state index in [1.165, 1.54) is 12.1 Å². The van der Waals surface area contributed by atoms with Gasteiger partial charge in [0.1, 0.15) is 5.82 Å². The second-order valence-electron chi connectivity index (χ2n) is 4.21. The van der Waals surface area contributed by atoms with E-state index in [1.807, 2.05) is 6.92 Å². The molecule has 1 rings (SSSR count). The van der Waals surface area contributed by atoms with Crippen LogP contribution in [0.15, 0.2) is 18.2 Å². The molecule has 1 aromatic carbocycles. The summed E-state index contributed by atoms with van der Waals surface area (Å²) < 4.78 is 18.1. The summed E-state index contributed by atoms with van der Waals surface area (Å²) in [6, 6.07) is 4.41. The lowest BCUT2D eigenvalue weighted by atomic mass is 9.99. The second kappa shape index (κ2) is 5.75. The first kappa shape index (κ1) is 12.8. The van der Waals surface area contributed by atoms with E-state index < -0.39 is 0 Å². The minimum Gasteiger partial charge on any atom is -0.384 e. The van der Waals surface area contributed by atoms with Crippen LogP contribution in [0, 0.1) is 18.7 Å². The molecule has 0 heterocycles. The van der Waals surface area contributed by atoms with E-state index in [0.717, 1.165) is 5.56 Å². The van der Waals surface area contributed by atoms with E-state index in [1.54, 1.807) is 20.1 Å². The summed E-state index contributed by atoms with van der Waals surface area (Å²) >= 11 is 0. The van der Waals surface area contributed by atoms with Gasteiger partial charge in [0, 0.05) is 25.7 Å². The molecular formula is C13H17FO2. The van der Waals surface area contributed by atoms with E-state index in [0.29, 0.717) is 18.6 Å². The highest BCUT2D eigenvalue weighted by Gasteiger charge is 2.12. The molecule has 3 heteroatoms. The summed E-state index contributed by atoms with van der Waals surface area (Å²) in [6.07, 6.45) is 0.386. The molecule has 16 heavy (non-hydrogen) atoms. The highest BCUT2D eigenvalue weighted by molar-refractivity contribution is 5.96. The quantitative estimate of drug-likeness (QED) is 0.719. The summed E-state index contributed by atoms with van der Waals surface area (Å²) in [5.41, 5.74) is 1.21. The molecule has 0 radical (unpaired) electrons. The van der Waals surface area contributed by atoms with Gasteiger partial charge in [-0.15, -0.1) is 0 Å². The summed E-state index contributed by atoms with van der Waals surface area (Å²) in [5, 5.41) is 0. The normalized spacial score (nSPS) is 12.5. The Morgan fingerprint density at radius 3 is 2.69 bits per heavy atom. The standard InChI is InChI=1S/C13H17FO2/c1-9-4-11(7-12(14)5-9)13(15)6-10(2)8-16-3/h4-5,7,10H,6,8H2,1-3H3. The van der Waals surface area contributed by atoms with Crippen LogP contribution < -0.4 is 0 Å². The Bertz CT molecular complexity index is 354. The summed E-state index contributed by atoms with van der Waals surface area (Å²) in [6.45, 7) is 4.26. The van der Waals surface area contributed by atoms with E-state index in [2.05, 4.69) is 0 Å². The maximum atomic E-state index is 13.1. The lowest BCUT2D eigenvalue weighted by Gasteiger charge is -2.09. The fourth-order valence-corrected chi connectivity index (χ4v) is 1.68. The van der Waals surface area contributed by atoms with Crippen LogP contribution in [0.3, 0.4) is 0 Å². The molecule has 1 unspecified atom stereocenters. The molecular weight excluding hydrogens is 207 g/mol. The first-order valence-electron chi connectivity index (χ1n) is 5.32. The van der Waals surface area contributed by atoms with Gasteiger partial charge in [0.15, 0.2) is 5.78 Å². The van der Waals surface area contributed by atoms with Crippen LogP contribution >= 0.6 is 0 Å². The molecule has 0 saturated heterocycles. The molecule has 0 aliphatic heterocycles. The number of rotatable bonds is 5. The van der Waals surface area contributed by atoms with Gasteiger partial charge >= 0.3 is 0 Å². The molecule has 0 spiro atoms. The molecule has 0 bridgehead atoms. The zero-order valence-corrected chi connectivity index (χ0v) is 9.92. The number of Topliss-reactive ketones (excluding diaryl/α,β-unsaturated/α-hetero) is 1. The van der Waals surface area contributed by atoms with Crippen molar-refractivity contribution in [1.29, 1.82) is 0 Å². The van der Waals surface area contributed by atoms with Crippen LogP contribution in [0.25, 0.3) is 0 Å². The van der Waals surface area contributed by atoms with Gasteiger partial charge in [-0.3, -0.25) is 4.79 Å². The maximum absolute atomic E-state index is 13.1. The minimum absolute atomic E-state index is 0.0350. The molecule has 2 nitrogen and oxygen atoms in total. The monoisotopic (exact) mass is 224 g/mol. The topological polar surface area (TPSA) is 26.3 Å². The van der Waals surface area contributed by atoms with Crippen molar-refractivity contribution in [3.05, 3.63) is 35.1 Å². The first-order valence-corrected chi connectivity index (χ1v) is 5.32. The van der Waals surface area contributed by atoms with Crippen molar-refractivity contribution in [3.8, 4) is 0 Å². The number of aryl methyl sites for hydroxylation is 1. The van der Waals surface area contributed by atoms with E-state index in [-0.39, 0.29) is 17.5 Å². The Kier molecular flexibility index (Phi) is 4.62. The molecule has 0 saturated carbocycles. The number of carbonyl (C=O) groups excluding carboxylic acids is 1. The fourth-order valence-electron chi connectivity index (χ4n) is 1.68. The Balaban J connectivity index is 2.72. The number of methoxy groups -OCH3 is 1. The van der Waals surface area contributed by atoms with Crippen molar-refractivity contribution in [2.75, 3.05) is 13.7 Å². The third-order valence-electron chi connectivity index (χ3n) is 2.35. The number of hydrogen-bond donors (Lipinski definition) is 0. The van der Waals surface area contributed by atoms with Crippen LogP contribution in [-0.2, 0) is 4.74 Å². The molecule has 0 amide bonds. The zero-order valence-electron chi connectivity index (χ0n) is 9.92. The number of ketones is 1. The largest absolute Gasteiger partial charge is 0.384 e. The van der Waals surface area contributed by atoms with E-state index in [9.17, 15) is 9.18 Å². The predicted octanol–water partition coefficient (Wildman–Crippen LogP) is 2.99. The first-order chi connectivity index (χ1) is 7.52. The van der Waals surface area contributed by atoms with Crippen LogP contribution in [0.5, 0.6) is 0 Å². The highest BCUT2D eigenvalue weighted by atomic mass is 19.1. The second-order valence-corrected chi connectivity index (χ2v) is 4.21. The van der Waals surface area contributed by atoms with Gasteiger partial charge in [0.05, 0.1) is 0 Å². The summed E-state index contributed by atoms with van der Waals surface area (Å²) in [4.78, 5) is 11.8. The van der Waals surface area contributed by atoms with Gasteiger partial charge in [0.25, 0.3) is 0 Å². The Morgan fingerprint density at radius 2 is 2.12 bits per heavy atom. The number of carbonyl (C=O) groups is 1. The van der Waals surface area contributed by atoms with Gasteiger partial charge in [-0.25, -0.2) is 4.39 Å². The van der Waals surface area contributed by atoms with E-state index in [4.69, 9.17) is 4.74 Å². The molecule has 88 valence electrons. The van der Waals surface area contributed by atoms with Crippen LogP contribution in [0.1, 0.15) is 29.3 Å². The SMILES string of the molecule is COCC(C)CC(=O)c1cc(C)cc(F)c1. The van der Waals surface area contributed by atoms with Gasteiger partial charge in [-0.1, -0.05) is 6.92 Å². The number of benzene rings is 1. The lowest BCUT2D eigenvalue weighted by Crippen LogP contribution is -2.11. The van der Waals surface area contributed by atoms with E-state index >= 15 is 0 Å². The Labute approximate surface area is 95.4 Å². The van der Waals surface area contributed by atoms with Crippen molar-refractivity contribution in [1.82, 2.24) is 0 Å².